The van der Waals surface area contributed by atoms with Crippen LogP contribution in [0.15, 0.2) is 180 Å². The fourth-order valence-electron chi connectivity index (χ4n) is 7.23. The molecule has 0 aliphatic rings. The van der Waals surface area contributed by atoms with E-state index in [0.29, 0.717) is 17.5 Å². The average Bonchev–Trinajstić information content (AvgIpc) is 3.60. The fourth-order valence-corrected chi connectivity index (χ4v) is 7.23. The van der Waals surface area contributed by atoms with E-state index in [9.17, 15) is 0 Å². The molecule has 2 heterocycles. The minimum absolute atomic E-state index is 0.587. The SMILES string of the molecule is c1ccc(-c2nc(-c3ccccc3)nc(-c3cc(-c4ccc(-c5cccc6ccccc56)cc4)c4c(c3)oc3c5ccccc5ccc34)n2)cc1. The molecule has 0 fully saturated rings. The van der Waals surface area contributed by atoms with E-state index >= 15 is 0 Å². The predicted octanol–water partition coefficient (Wildman–Crippen LogP) is 12.4. The molecule has 0 atom stereocenters. The Balaban J connectivity index is 1.21. The van der Waals surface area contributed by atoms with Gasteiger partial charge in [-0.25, -0.2) is 15.0 Å². The van der Waals surface area contributed by atoms with Gasteiger partial charge in [0.1, 0.15) is 11.2 Å². The molecule has 51 heavy (non-hydrogen) atoms. The molecule has 0 aliphatic heterocycles. The van der Waals surface area contributed by atoms with Crippen molar-refractivity contribution in [2.24, 2.45) is 0 Å². The minimum Gasteiger partial charge on any atom is -0.455 e. The summed E-state index contributed by atoms with van der Waals surface area (Å²) in [6.07, 6.45) is 0. The highest BCUT2D eigenvalue weighted by molar-refractivity contribution is 6.19. The first-order chi connectivity index (χ1) is 25.3. The zero-order chi connectivity index (χ0) is 33.7. The Morgan fingerprint density at radius 3 is 1.53 bits per heavy atom. The Bertz CT molecular complexity index is 2830. The number of nitrogens with zero attached hydrogens (tertiary/aromatic N) is 3. The summed E-state index contributed by atoms with van der Waals surface area (Å²) < 4.78 is 6.79. The van der Waals surface area contributed by atoms with Crippen LogP contribution < -0.4 is 0 Å². The Morgan fingerprint density at radius 2 is 0.863 bits per heavy atom. The standard InChI is InChI=1S/C47H29N3O/c1-3-14-34(15-4-1)45-48-46(35-16-5-2-6-17-35)50-47(49-45)36-28-41(43-40-27-26-31-13-8-10-20-39(31)44(40)51-42(43)29-36)33-24-22-32(23-25-33)38-21-11-18-30-12-7-9-19-37(30)38/h1-29H. The highest BCUT2D eigenvalue weighted by Gasteiger charge is 2.20. The van der Waals surface area contributed by atoms with E-state index in [1.165, 1.54) is 21.9 Å². The van der Waals surface area contributed by atoms with Crippen LogP contribution in [0.1, 0.15) is 0 Å². The van der Waals surface area contributed by atoms with Crippen molar-refractivity contribution in [2.45, 2.75) is 0 Å². The second kappa shape index (κ2) is 11.9. The Morgan fingerprint density at radius 1 is 0.333 bits per heavy atom. The lowest BCUT2D eigenvalue weighted by Crippen LogP contribution is -2.00. The second-order valence-electron chi connectivity index (χ2n) is 12.8. The van der Waals surface area contributed by atoms with Gasteiger partial charge in [0.25, 0.3) is 0 Å². The molecule has 0 radical (unpaired) electrons. The summed E-state index contributed by atoms with van der Waals surface area (Å²) in [6, 6.07) is 61.1. The van der Waals surface area contributed by atoms with Gasteiger partial charge in [-0.3, -0.25) is 0 Å². The molecule has 0 saturated carbocycles. The van der Waals surface area contributed by atoms with Crippen LogP contribution in [0.25, 0.3) is 99.9 Å². The molecule has 0 aliphatic carbocycles. The summed E-state index contributed by atoms with van der Waals surface area (Å²) in [7, 11) is 0. The summed E-state index contributed by atoms with van der Waals surface area (Å²) in [4.78, 5) is 15.1. The van der Waals surface area contributed by atoms with E-state index in [1.54, 1.807) is 0 Å². The zero-order valence-corrected chi connectivity index (χ0v) is 27.5. The van der Waals surface area contributed by atoms with Crippen LogP contribution >= 0.6 is 0 Å². The van der Waals surface area contributed by atoms with Crippen molar-refractivity contribution in [3.8, 4) is 56.4 Å². The summed E-state index contributed by atoms with van der Waals surface area (Å²) in [6.45, 7) is 0. The van der Waals surface area contributed by atoms with Crippen LogP contribution in [-0.2, 0) is 0 Å². The van der Waals surface area contributed by atoms with Crippen LogP contribution in [0, 0.1) is 0 Å². The molecule has 4 heteroatoms. The third-order valence-corrected chi connectivity index (χ3v) is 9.72. The summed E-state index contributed by atoms with van der Waals surface area (Å²) in [5.41, 5.74) is 8.91. The first kappa shape index (κ1) is 29.0. The van der Waals surface area contributed by atoms with Gasteiger partial charge in [0.2, 0.25) is 0 Å². The van der Waals surface area contributed by atoms with Gasteiger partial charge in [-0.2, -0.15) is 0 Å². The van der Waals surface area contributed by atoms with Gasteiger partial charge in [0, 0.05) is 32.8 Å². The van der Waals surface area contributed by atoms with E-state index in [1.807, 2.05) is 60.7 Å². The van der Waals surface area contributed by atoms with E-state index < -0.39 is 0 Å². The number of rotatable bonds is 5. The summed E-state index contributed by atoms with van der Waals surface area (Å²) in [5.74, 6) is 1.83. The molecular weight excluding hydrogens is 623 g/mol. The maximum absolute atomic E-state index is 6.79. The minimum atomic E-state index is 0.587. The number of hydrogen-bond donors (Lipinski definition) is 0. The van der Waals surface area contributed by atoms with Crippen molar-refractivity contribution in [2.75, 3.05) is 0 Å². The lowest BCUT2D eigenvalue weighted by atomic mass is 9.93. The number of hydrogen-bond acceptors (Lipinski definition) is 4. The van der Waals surface area contributed by atoms with Crippen molar-refractivity contribution in [1.29, 1.82) is 0 Å². The van der Waals surface area contributed by atoms with E-state index in [0.717, 1.165) is 60.5 Å². The van der Waals surface area contributed by atoms with Gasteiger partial charge in [0.05, 0.1) is 0 Å². The molecule has 10 aromatic rings. The summed E-state index contributed by atoms with van der Waals surface area (Å²) >= 11 is 0. The topological polar surface area (TPSA) is 51.8 Å². The molecule has 0 amide bonds. The second-order valence-corrected chi connectivity index (χ2v) is 12.8. The molecule has 0 N–H and O–H groups in total. The monoisotopic (exact) mass is 651 g/mol. The quantitative estimate of drug-likeness (QED) is 0.186. The van der Waals surface area contributed by atoms with Crippen molar-refractivity contribution >= 4 is 43.5 Å². The largest absolute Gasteiger partial charge is 0.455 e. The molecule has 8 aromatic carbocycles. The molecule has 238 valence electrons. The van der Waals surface area contributed by atoms with Crippen LogP contribution in [-0.4, -0.2) is 15.0 Å². The van der Waals surface area contributed by atoms with Crippen molar-refractivity contribution in [3.63, 3.8) is 0 Å². The van der Waals surface area contributed by atoms with Crippen LogP contribution in [0.2, 0.25) is 0 Å². The van der Waals surface area contributed by atoms with Crippen molar-refractivity contribution in [1.82, 2.24) is 15.0 Å². The van der Waals surface area contributed by atoms with Crippen molar-refractivity contribution < 1.29 is 4.42 Å². The van der Waals surface area contributed by atoms with Gasteiger partial charge in [-0.1, -0.05) is 158 Å². The Hall–Kier alpha value is -6.91. The summed E-state index contributed by atoms with van der Waals surface area (Å²) in [5, 5.41) is 6.84. The third-order valence-electron chi connectivity index (χ3n) is 9.72. The van der Waals surface area contributed by atoms with E-state index in [4.69, 9.17) is 19.4 Å². The molecule has 4 nitrogen and oxygen atoms in total. The van der Waals surface area contributed by atoms with E-state index in [-0.39, 0.29) is 0 Å². The molecular formula is C47H29N3O. The molecule has 0 bridgehead atoms. The average molecular weight is 652 g/mol. The molecule has 0 unspecified atom stereocenters. The van der Waals surface area contributed by atoms with Gasteiger partial charge < -0.3 is 4.42 Å². The van der Waals surface area contributed by atoms with E-state index in [2.05, 4.69) is 115 Å². The van der Waals surface area contributed by atoms with Gasteiger partial charge in [0.15, 0.2) is 17.5 Å². The molecule has 0 saturated heterocycles. The highest BCUT2D eigenvalue weighted by Crippen LogP contribution is 2.42. The van der Waals surface area contributed by atoms with Crippen LogP contribution in [0.3, 0.4) is 0 Å². The van der Waals surface area contributed by atoms with Gasteiger partial charge in [-0.05, 0) is 56.6 Å². The zero-order valence-electron chi connectivity index (χ0n) is 27.5. The van der Waals surface area contributed by atoms with Crippen molar-refractivity contribution in [3.05, 3.63) is 176 Å². The first-order valence-electron chi connectivity index (χ1n) is 17.1. The predicted molar refractivity (Wildman–Crippen MR) is 209 cm³/mol. The van der Waals surface area contributed by atoms with Crippen LogP contribution in [0.4, 0.5) is 0 Å². The lowest BCUT2D eigenvalue weighted by Gasteiger charge is -2.12. The number of furan rings is 1. The molecule has 0 spiro atoms. The maximum Gasteiger partial charge on any atom is 0.164 e. The number of fused-ring (bicyclic) bond motifs is 6. The third kappa shape index (κ3) is 5.04. The first-order valence-corrected chi connectivity index (χ1v) is 17.1. The maximum atomic E-state index is 6.79. The molecule has 10 rings (SSSR count). The van der Waals surface area contributed by atoms with Crippen LogP contribution in [0.5, 0.6) is 0 Å². The normalized spacial score (nSPS) is 11.5. The van der Waals surface area contributed by atoms with Gasteiger partial charge in [-0.15, -0.1) is 0 Å². The highest BCUT2D eigenvalue weighted by atomic mass is 16.3. The Labute approximate surface area is 294 Å². The number of aromatic nitrogens is 3. The Kier molecular flexibility index (Phi) is 6.78. The van der Waals surface area contributed by atoms with Gasteiger partial charge >= 0.3 is 0 Å². The lowest BCUT2D eigenvalue weighted by molar-refractivity contribution is 0.673. The smallest absolute Gasteiger partial charge is 0.164 e. The molecule has 2 aromatic heterocycles. The number of benzene rings is 8. The fraction of sp³-hybridized carbons (Fsp3) is 0.